The summed E-state index contributed by atoms with van der Waals surface area (Å²) in [6.45, 7) is 6.30. The van der Waals surface area contributed by atoms with Crippen LogP contribution in [-0.2, 0) is 4.79 Å². The van der Waals surface area contributed by atoms with E-state index in [4.69, 9.17) is 4.74 Å². The van der Waals surface area contributed by atoms with Gasteiger partial charge >= 0.3 is 0 Å². The molecule has 1 amide bonds. The van der Waals surface area contributed by atoms with E-state index in [9.17, 15) is 4.79 Å². The van der Waals surface area contributed by atoms with Gasteiger partial charge in [-0.2, -0.15) is 5.10 Å². The summed E-state index contributed by atoms with van der Waals surface area (Å²) in [7, 11) is 0. The fourth-order valence-corrected chi connectivity index (χ4v) is 2.71. The summed E-state index contributed by atoms with van der Waals surface area (Å²) in [6.07, 6.45) is 1.57. The first kappa shape index (κ1) is 17.9. The molecule has 0 saturated carbocycles. The van der Waals surface area contributed by atoms with E-state index in [-0.39, 0.29) is 11.7 Å². The summed E-state index contributed by atoms with van der Waals surface area (Å²) in [5.41, 5.74) is 5.08. The molecule has 24 heavy (non-hydrogen) atoms. The summed E-state index contributed by atoms with van der Waals surface area (Å²) in [5.74, 6) is 0.719. The van der Waals surface area contributed by atoms with Gasteiger partial charge in [0.05, 0.1) is 18.6 Å². The molecule has 0 atom stereocenters. The third kappa shape index (κ3) is 5.66. The molecule has 0 fully saturated rings. The zero-order valence-electron chi connectivity index (χ0n) is 13.9. The van der Waals surface area contributed by atoms with Crippen LogP contribution in [0.25, 0.3) is 0 Å². The van der Waals surface area contributed by atoms with Crippen molar-refractivity contribution < 1.29 is 9.53 Å². The number of nitrogens with zero attached hydrogens (tertiary/aromatic N) is 3. The van der Waals surface area contributed by atoms with Crippen LogP contribution in [0.4, 0.5) is 0 Å². The third-order valence-electron chi connectivity index (χ3n) is 2.91. The molecular formula is C17H20N4O2S. The second-order valence-corrected chi connectivity index (χ2v) is 5.93. The minimum atomic E-state index is -0.215. The standard InChI is InChI=1S/C17H20N4O2S/c1-4-23-15-8-6-5-7-14(15)10-18-21-16(22)11-24-17-19-12(2)9-13(3)20-17/h5-10H,4,11H2,1-3H3,(H,21,22)/b18-10+. The number of hydrazone groups is 1. The summed E-state index contributed by atoms with van der Waals surface area (Å²) in [6, 6.07) is 9.41. The van der Waals surface area contributed by atoms with Crippen molar-refractivity contribution >= 4 is 23.9 Å². The minimum Gasteiger partial charge on any atom is -0.493 e. The predicted molar refractivity (Wildman–Crippen MR) is 95.6 cm³/mol. The Hall–Kier alpha value is -2.41. The van der Waals surface area contributed by atoms with Gasteiger partial charge in [0.1, 0.15) is 5.75 Å². The number of carbonyl (C=O) groups is 1. The molecule has 0 aliphatic rings. The quantitative estimate of drug-likeness (QED) is 0.362. The predicted octanol–water partition coefficient (Wildman–Crippen LogP) is 2.73. The van der Waals surface area contributed by atoms with Gasteiger partial charge in [-0.05, 0) is 39.0 Å². The van der Waals surface area contributed by atoms with Crippen molar-refractivity contribution in [3.63, 3.8) is 0 Å². The number of hydrogen-bond donors (Lipinski definition) is 1. The molecule has 0 aliphatic heterocycles. The van der Waals surface area contributed by atoms with E-state index in [1.54, 1.807) is 6.21 Å². The number of benzene rings is 1. The molecule has 7 heteroatoms. The number of amides is 1. The van der Waals surface area contributed by atoms with E-state index >= 15 is 0 Å². The Morgan fingerprint density at radius 3 is 2.71 bits per heavy atom. The number of aromatic nitrogens is 2. The molecule has 0 unspecified atom stereocenters. The summed E-state index contributed by atoms with van der Waals surface area (Å²) < 4.78 is 5.50. The van der Waals surface area contributed by atoms with Crippen LogP contribution in [0.2, 0.25) is 0 Å². The molecule has 2 aromatic rings. The molecule has 1 N–H and O–H groups in total. The molecule has 6 nitrogen and oxygen atoms in total. The highest BCUT2D eigenvalue weighted by Crippen LogP contribution is 2.16. The third-order valence-corrected chi connectivity index (χ3v) is 3.75. The lowest BCUT2D eigenvalue weighted by Gasteiger charge is -2.06. The number of hydrogen-bond acceptors (Lipinski definition) is 6. The van der Waals surface area contributed by atoms with E-state index < -0.39 is 0 Å². The van der Waals surface area contributed by atoms with Gasteiger partial charge in [0, 0.05) is 17.0 Å². The van der Waals surface area contributed by atoms with Gasteiger partial charge in [-0.3, -0.25) is 4.79 Å². The molecule has 126 valence electrons. The van der Waals surface area contributed by atoms with Crippen molar-refractivity contribution in [3.8, 4) is 5.75 Å². The van der Waals surface area contributed by atoms with Crippen LogP contribution in [0.3, 0.4) is 0 Å². The number of para-hydroxylation sites is 1. The van der Waals surface area contributed by atoms with E-state index in [2.05, 4.69) is 20.5 Å². The molecule has 0 spiro atoms. The molecule has 1 aromatic carbocycles. The van der Waals surface area contributed by atoms with Crippen molar-refractivity contribution in [2.24, 2.45) is 5.10 Å². The molecule has 0 aliphatic carbocycles. The number of nitrogens with one attached hydrogen (secondary N) is 1. The van der Waals surface area contributed by atoms with E-state index in [1.807, 2.05) is 51.1 Å². The Morgan fingerprint density at radius 2 is 2.00 bits per heavy atom. The maximum Gasteiger partial charge on any atom is 0.250 e. The largest absolute Gasteiger partial charge is 0.493 e. The number of ether oxygens (including phenoxy) is 1. The first-order valence-electron chi connectivity index (χ1n) is 7.57. The van der Waals surface area contributed by atoms with Gasteiger partial charge in [-0.25, -0.2) is 15.4 Å². The van der Waals surface area contributed by atoms with Crippen molar-refractivity contribution in [1.29, 1.82) is 0 Å². The lowest BCUT2D eigenvalue weighted by molar-refractivity contribution is -0.118. The summed E-state index contributed by atoms with van der Waals surface area (Å²) >= 11 is 1.28. The Morgan fingerprint density at radius 1 is 1.29 bits per heavy atom. The topological polar surface area (TPSA) is 76.5 Å². The van der Waals surface area contributed by atoms with Crippen molar-refractivity contribution in [2.75, 3.05) is 12.4 Å². The maximum atomic E-state index is 11.9. The lowest BCUT2D eigenvalue weighted by Crippen LogP contribution is -2.20. The number of carbonyl (C=O) groups excluding carboxylic acids is 1. The first-order valence-corrected chi connectivity index (χ1v) is 8.56. The molecule has 0 bridgehead atoms. The number of thioether (sulfide) groups is 1. The van der Waals surface area contributed by atoms with Gasteiger partial charge in [-0.1, -0.05) is 23.9 Å². The zero-order chi connectivity index (χ0) is 17.4. The second kappa shape index (κ2) is 9.02. The normalized spacial score (nSPS) is 10.8. The van der Waals surface area contributed by atoms with Crippen LogP contribution >= 0.6 is 11.8 Å². The van der Waals surface area contributed by atoms with Crippen molar-refractivity contribution in [3.05, 3.63) is 47.3 Å². The van der Waals surface area contributed by atoms with Gasteiger partial charge < -0.3 is 4.74 Å². The molecular weight excluding hydrogens is 324 g/mol. The van der Waals surface area contributed by atoms with E-state index in [0.717, 1.165) is 22.7 Å². The fraction of sp³-hybridized carbons (Fsp3) is 0.294. The molecule has 1 heterocycles. The number of rotatable bonds is 7. The highest BCUT2D eigenvalue weighted by atomic mass is 32.2. The van der Waals surface area contributed by atoms with Gasteiger partial charge in [-0.15, -0.1) is 0 Å². The fourth-order valence-electron chi connectivity index (χ4n) is 1.97. The van der Waals surface area contributed by atoms with Gasteiger partial charge in [0.15, 0.2) is 5.16 Å². The first-order chi connectivity index (χ1) is 11.6. The summed E-state index contributed by atoms with van der Waals surface area (Å²) in [5, 5.41) is 4.56. The van der Waals surface area contributed by atoms with Crippen LogP contribution in [0.1, 0.15) is 23.9 Å². The SMILES string of the molecule is CCOc1ccccc1/C=N/NC(=O)CSc1nc(C)cc(C)n1. The molecule has 2 rings (SSSR count). The second-order valence-electron chi connectivity index (χ2n) is 4.99. The zero-order valence-corrected chi connectivity index (χ0v) is 14.8. The average Bonchev–Trinajstić information content (AvgIpc) is 2.54. The lowest BCUT2D eigenvalue weighted by atomic mass is 10.2. The molecule has 0 radical (unpaired) electrons. The Bertz CT molecular complexity index is 714. The van der Waals surface area contributed by atoms with E-state index in [0.29, 0.717) is 11.8 Å². The monoisotopic (exact) mass is 344 g/mol. The Labute approximate surface area is 145 Å². The van der Waals surface area contributed by atoms with Crippen LogP contribution < -0.4 is 10.2 Å². The van der Waals surface area contributed by atoms with Crippen LogP contribution in [-0.4, -0.2) is 34.4 Å². The number of aryl methyl sites for hydroxylation is 2. The Kier molecular flexibility index (Phi) is 6.74. The molecule has 0 saturated heterocycles. The Balaban J connectivity index is 1.87. The van der Waals surface area contributed by atoms with Crippen molar-refractivity contribution in [2.45, 2.75) is 25.9 Å². The van der Waals surface area contributed by atoms with Crippen LogP contribution in [0.5, 0.6) is 5.75 Å². The van der Waals surface area contributed by atoms with Gasteiger partial charge in [0.2, 0.25) is 0 Å². The van der Waals surface area contributed by atoms with E-state index in [1.165, 1.54) is 11.8 Å². The van der Waals surface area contributed by atoms with Crippen molar-refractivity contribution in [1.82, 2.24) is 15.4 Å². The maximum absolute atomic E-state index is 11.9. The molecule has 1 aromatic heterocycles. The van der Waals surface area contributed by atoms with Crippen LogP contribution in [0.15, 0.2) is 40.6 Å². The van der Waals surface area contributed by atoms with Crippen LogP contribution in [0, 0.1) is 13.8 Å². The highest BCUT2D eigenvalue weighted by Gasteiger charge is 2.05. The smallest absolute Gasteiger partial charge is 0.250 e. The minimum absolute atomic E-state index is 0.202. The average molecular weight is 344 g/mol. The van der Waals surface area contributed by atoms with Gasteiger partial charge in [0.25, 0.3) is 5.91 Å². The highest BCUT2D eigenvalue weighted by molar-refractivity contribution is 7.99. The summed E-state index contributed by atoms with van der Waals surface area (Å²) in [4.78, 5) is 20.4.